The van der Waals surface area contributed by atoms with E-state index in [1.165, 1.54) is 0 Å². The zero-order valence-electron chi connectivity index (χ0n) is 12.5. The minimum absolute atomic E-state index is 0.409. The Morgan fingerprint density at radius 1 is 1.52 bits per heavy atom. The highest BCUT2D eigenvalue weighted by molar-refractivity contribution is 7.98. The maximum atomic E-state index is 10.9. The van der Waals surface area contributed by atoms with Crippen LogP contribution in [0.1, 0.15) is 44.8 Å². The summed E-state index contributed by atoms with van der Waals surface area (Å²) in [7, 11) is 0. The van der Waals surface area contributed by atoms with E-state index in [1.807, 2.05) is 16.9 Å². The normalized spacial score (nSPS) is 12.3. The molecule has 0 saturated heterocycles. The van der Waals surface area contributed by atoms with E-state index in [4.69, 9.17) is 5.11 Å². The highest BCUT2D eigenvalue weighted by atomic mass is 32.2. The van der Waals surface area contributed by atoms with Gasteiger partial charge in [-0.2, -0.15) is 16.9 Å². The van der Waals surface area contributed by atoms with Crippen molar-refractivity contribution in [3.8, 4) is 0 Å². The van der Waals surface area contributed by atoms with E-state index in [-0.39, 0.29) is 0 Å². The van der Waals surface area contributed by atoms with Gasteiger partial charge in [-0.25, -0.2) is 4.79 Å². The first kappa shape index (κ1) is 17.6. The van der Waals surface area contributed by atoms with E-state index in [0.717, 1.165) is 24.3 Å². The molecule has 1 aromatic rings. The number of carbonyl (C=O) groups is 2. The van der Waals surface area contributed by atoms with Crippen molar-refractivity contribution < 1.29 is 14.7 Å². The molecule has 0 aromatic carbocycles. The molecule has 1 amide bonds. The minimum Gasteiger partial charge on any atom is -0.480 e. The number of carboxylic acid groups (broad SMARTS) is 1. The summed E-state index contributed by atoms with van der Waals surface area (Å²) in [4.78, 5) is 21.2. The second-order valence-electron chi connectivity index (χ2n) is 4.77. The zero-order chi connectivity index (χ0) is 15.7. The lowest BCUT2D eigenvalue weighted by Gasteiger charge is -2.12. The van der Waals surface area contributed by atoms with E-state index < -0.39 is 12.0 Å². The number of hydrogen-bond donors (Lipinski definition) is 2. The molecule has 0 bridgehead atoms. The number of amides is 1. The Hall–Kier alpha value is -1.50. The number of nitrogens with one attached hydrogen (secondary N) is 1. The number of carboxylic acids is 1. The van der Waals surface area contributed by atoms with Crippen molar-refractivity contribution in [2.75, 3.05) is 5.75 Å². The molecule has 118 valence electrons. The van der Waals surface area contributed by atoms with E-state index in [2.05, 4.69) is 24.3 Å². The molecule has 21 heavy (non-hydrogen) atoms. The van der Waals surface area contributed by atoms with E-state index in [0.29, 0.717) is 24.6 Å². The molecule has 0 aliphatic heterocycles. The van der Waals surface area contributed by atoms with E-state index >= 15 is 0 Å². The lowest BCUT2D eigenvalue weighted by atomic mass is 10.2. The van der Waals surface area contributed by atoms with E-state index in [9.17, 15) is 9.59 Å². The standard InChI is InChI=1S/C14H23N3O3S/c1-3-12(4-2)17-7-5-11(16-17)9-21-8-6-13(14(19)20)15-10-18/h5,7,10,12-13H,3-4,6,8-9H2,1-2H3,(H,15,18)(H,19,20). The highest BCUT2D eigenvalue weighted by Crippen LogP contribution is 2.17. The number of rotatable bonds is 11. The molecule has 0 saturated carbocycles. The topological polar surface area (TPSA) is 84.2 Å². The monoisotopic (exact) mass is 313 g/mol. The van der Waals surface area contributed by atoms with Crippen LogP contribution in [0.25, 0.3) is 0 Å². The Kier molecular flexibility index (Phi) is 7.89. The van der Waals surface area contributed by atoms with Crippen molar-refractivity contribution in [2.24, 2.45) is 0 Å². The average molecular weight is 313 g/mol. The smallest absolute Gasteiger partial charge is 0.326 e. The SMILES string of the molecule is CCC(CC)n1ccc(CSCCC(NC=O)C(=O)O)n1. The number of carbonyl (C=O) groups excluding carboxylic acids is 1. The quantitative estimate of drug-likeness (QED) is 0.482. The molecule has 1 heterocycles. The summed E-state index contributed by atoms with van der Waals surface area (Å²) in [6.45, 7) is 4.30. The van der Waals surface area contributed by atoms with E-state index in [1.54, 1.807) is 11.8 Å². The van der Waals surface area contributed by atoms with Crippen LogP contribution in [-0.4, -0.2) is 39.1 Å². The molecule has 6 nitrogen and oxygen atoms in total. The van der Waals surface area contributed by atoms with Gasteiger partial charge in [-0.1, -0.05) is 13.8 Å². The van der Waals surface area contributed by atoms with Crippen molar-refractivity contribution in [3.63, 3.8) is 0 Å². The maximum absolute atomic E-state index is 10.9. The summed E-state index contributed by atoms with van der Waals surface area (Å²) in [6.07, 6.45) is 4.96. The Morgan fingerprint density at radius 3 is 2.81 bits per heavy atom. The van der Waals surface area contributed by atoms with Crippen molar-refractivity contribution in [3.05, 3.63) is 18.0 Å². The molecule has 1 atom stereocenters. The molecule has 0 spiro atoms. The summed E-state index contributed by atoms with van der Waals surface area (Å²) in [6, 6.07) is 1.64. The third kappa shape index (κ3) is 5.79. The van der Waals surface area contributed by atoms with Crippen molar-refractivity contribution in [1.82, 2.24) is 15.1 Å². The molecule has 0 radical (unpaired) electrons. The summed E-state index contributed by atoms with van der Waals surface area (Å²) in [5.74, 6) is 0.414. The minimum atomic E-state index is -0.999. The Balaban J connectivity index is 2.35. The third-order valence-electron chi connectivity index (χ3n) is 3.35. The lowest BCUT2D eigenvalue weighted by Crippen LogP contribution is -2.36. The highest BCUT2D eigenvalue weighted by Gasteiger charge is 2.15. The summed E-state index contributed by atoms with van der Waals surface area (Å²) >= 11 is 1.62. The maximum Gasteiger partial charge on any atom is 0.326 e. The molecular weight excluding hydrogens is 290 g/mol. The van der Waals surface area contributed by atoms with Crippen molar-refractivity contribution in [1.29, 1.82) is 0 Å². The molecule has 7 heteroatoms. The number of nitrogens with zero attached hydrogens (tertiary/aromatic N) is 2. The number of aliphatic carboxylic acids is 1. The molecule has 0 fully saturated rings. The Morgan fingerprint density at radius 2 is 2.24 bits per heavy atom. The van der Waals surface area contributed by atoms with Crippen LogP contribution in [0.5, 0.6) is 0 Å². The summed E-state index contributed by atoms with van der Waals surface area (Å²) in [5, 5.41) is 15.7. The summed E-state index contributed by atoms with van der Waals surface area (Å²) in [5.41, 5.74) is 1.00. The fourth-order valence-corrected chi connectivity index (χ4v) is 2.97. The van der Waals surface area contributed by atoms with Crippen LogP contribution in [0.3, 0.4) is 0 Å². The molecular formula is C14H23N3O3S. The van der Waals surface area contributed by atoms with Gasteiger partial charge < -0.3 is 10.4 Å². The first-order chi connectivity index (χ1) is 10.1. The van der Waals surface area contributed by atoms with Crippen molar-refractivity contribution >= 4 is 24.1 Å². The Labute approximate surface area is 129 Å². The largest absolute Gasteiger partial charge is 0.480 e. The lowest BCUT2D eigenvalue weighted by molar-refractivity contribution is -0.140. The van der Waals surface area contributed by atoms with Crippen LogP contribution in [0.4, 0.5) is 0 Å². The summed E-state index contributed by atoms with van der Waals surface area (Å²) < 4.78 is 2.00. The predicted molar refractivity (Wildman–Crippen MR) is 83.2 cm³/mol. The molecule has 1 unspecified atom stereocenters. The van der Waals surface area contributed by atoms with Crippen LogP contribution in [0.15, 0.2) is 12.3 Å². The molecule has 1 rings (SSSR count). The van der Waals surface area contributed by atoms with Gasteiger partial charge in [-0.15, -0.1) is 0 Å². The third-order valence-corrected chi connectivity index (χ3v) is 4.37. The van der Waals surface area contributed by atoms with Gasteiger partial charge in [0.1, 0.15) is 6.04 Å². The van der Waals surface area contributed by atoms with Crippen LogP contribution in [0.2, 0.25) is 0 Å². The second kappa shape index (κ2) is 9.44. The molecule has 0 aliphatic rings. The van der Waals surface area contributed by atoms with Crippen LogP contribution >= 0.6 is 11.8 Å². The van der Waals surface area contributed by atoms with Crippen LogP contribution in [0, 0.1) is 0 Å². The van der Waals surface area contributed by atoms with Gasteiger partial charge in [-0.3, -0.25) is 9.48 Å². The van der Waals surface area contributed by atoms with Gasteiger partial charge in [0.15, 0.2) is 0 Å². The van der Waals surface area contributed by atoms with Gasteiger partial charge in [0, 0.05) is 11.9 Å². The first-order valence-electron chi connectivity index (χ1n) is 7.16. The molecule has 1 aromatic heterocycles. The number of thioether (sulfide) groups is 1. The Bertz CT molecular complexity index is 446. The van der Waals surface area contributed by atoms with Gasteiger partial charge in [0.05, 0.1) is 11.7 Å². The molecule has 0 aliphatic carbocycles. The van der Waals surface area contributed by atoms with Crippen LogP contribution in [-0.2, 0) is 15.3 Å². The zero-order valence-corrected chi connectivity index (χ0v) is 13.3. The first-order valence-corrected chi connectivity index (χ1v) is 8.32. The number of aromatic nitrogens is 2. The van der Waals surface area contributed by atoms with Gasteiger partial charge in [-0.05, 0) is 31.1 Å². The fourth-order valence-electron chi connectivity index (χ4n) is 2.06. The van der Waals surface area contributed by atoms with Gasteiger partial charge >= 0.3 is 5.97 Å². The average Bonchev–Trinajstić information content (AvgIpc) is 2.92. The van der Waals surface area contributed by atoms with Gasteiger partial charge in [0.2, 0.25) is 6.41 Å². The van der Waals surface area contributed by atoms with Crippen molar-refractivity contribution in [2.45, 2.75) is 50.9 Å². The fraction of sp³-hybridized carbons (Fsp3) is 0.643. The predicted octanol–water partition coefficient (Wildman–Crippen LogP) is 2.07. The molecule has 2 N–H and O–H groups in total. The van der Waals surface area contributed by atoms with Gasteiger partial charge in [0.25, 0.3) is 0 Å². The van der Waals surface area contributed by atoms with Crippen LogP contribution < -0.4 is 5.32 Å². The number of hydrogen-bond acceptors (Lipinski definition) is 4. The second-order valence-corrected chi connectivity index (χ2v) is 5.88.